The second-order valence-electron chi connectivity index (χ2n) is 4.38. The molecule has 7 heteroatoms. The minimum Gasteiger partial charge on any atom is -0.487 e. The van der Waals surface area contributed by atoms with E-state index in [-0.39, 0.29) is 5.11 Å². The Hall–Kier alpha value is -1.82. The van der Waals surface area contributed by atoms with E-state index in [1.54, 1.807) is 24.3 Å². The van der Waals surface area contributed by atoms with Crippen molar-refractivity contribution in [3.05, 3.63) is 63.6 Å². The average molecular weight is 355 g/mol. The van der Waals surface area contributed by atoms with Crippen molar-refractivity contribution in [2.75, 3.05) is 0 Å². The van der Waals surface area contributed by atoms with Gasteiger partial charge in [-0.05, 0) is 48.1 Å². The molecule has 0 aromatic heterocycles. The number of halogens is 2. The van der Waals surface area contributed by atoms with Gasteiger partial charge in [0, 0.05) is 10.6 Å². The molecule has 2 rings (SSSR count). The lowest BCUT2D eigenvalue weighted by Crippen LogP contribution is -2.34. The fraction of sp³-hybridized carbons (Fsp3) is 0.0667. The zero-order valence-corrected chi connectivity index (χ0v) is 13.6. The fourth-order valence-electron chi connectivity index (χ4n) is 1.68. The van der Waals surface area contributed by atoms with Crippen molar-refractivity contribution in [3.63, 3.8) is 0 Å². The molecule has 0 aliphatic heterocycles. The van der Waals surface area contributed by atoms with Gasteiger partial charge >= 0.3 is 0 Å². The van der Waals surface area contributed by atoms with E-state index >= 15 is 0 Å². The number of hydrogen-bond donors (Lipinski definition) is 2. The number of rotatable bonds is 4. The van der Waals surface area contributed by atoms with Gasteiger partial charge in [0.2, 0.25) is 0 Å². The predicted octanol–water partition coefficient (Wildman–Crippen LogP) is 3.55. The van der Waals surface area contributed by atoms with Gasteiger partial charge in [-0.25, -0.2) is 0 Å². The minimum absolute atomic E-state index is 0.0933. The Morgan fingerprint density at radius 3 is 2.45 bits per heavy atom. The molecule has 0 atom stereocenters. The zero-order valence-electron chi connectivity index (χ0n) is 11.3. The van der Waals surface area contributed by atoms with Crippen molar-refractivity contribution in [1.29, 1.82) is 0 Å². The molecule has 3 N–H and O–H groups in total. The molecular weight excluding hydrogens is 343 g/mol. The Balaban J connectivity index is 2.05. The van der Waals surface area contributed by atoms with Crippen LogP contribution in [0.3, 0.4) is 0 Å². The van der Waals surface area contributed by atoms with Crippen molar-refractivity contribution in [1.82, 2.24) is 5.32 Å². The highest BCUT2D eigenvalue weighted by atomic mass is 35.5. The van der Waals surface area contributed by atoms with Crippen molar-refractivity contribution in [2.45, 2.75) is 6.61 Å². The van der Waals surface area contributed by atoms with Crippen LogP contribution >= 0.6 is 35.4 Å². The zero-order chi connectivity index (χ0) is 16.1. The van der Waals surface area contributed by atoms with Crippen LogP contribution in [0, 0.1) is 0 Å². The standard InChI is InChI=1S/C15H12Cl2N2O2S/c16-11-4-1-9(2-5-11)8-21-13-6-3-10(7-12(13)17)14(20)19-15(18)22/h1-7H,8H2,(H3,18,19,20,22). The summed E-state index contributed by atoms with van der Waals surface area (Å²) >= 11 is 16.5. The lowest BCUT2D eigenvalue weighted by molar-refractivity contribution is 0.0977. The molecule has 0 unspecified atom stereocenters. The number of carbonyl (C=O) groups is 1. The first-order chi connectivity index (χ1) is 10.5. The number of hydrogen-bond acceptors (Lipinski definition) is 3. The van der Waals surface area contributed by atoms with E-state index in [1.807, 2.05) is 12.1 Å². The van der Waals surface area contributed by atoms with Gasteiger partial charge in [-0.2, -0.15) is 0 Å². The molecule has 114 valence electrons. The third-order valence-corrected chi connectivity index (χ3v) is 3.39. The molecule has 0 heterocycles. The molecule has 0 aliphatic carbocycles. The molecule has 0 bridgehead atoms. The smallest absolute Gasteiger partial charge is 0.257 e. The molecule has 0 saturated carbocycles. The number of amides is 1. The van der Waals surface area contributed by atoms with Gasteiger partial charge in [0.05, 0.1) is 5.02 Å². The van der Waals surface area contributed by atoms with Crippen molar-refractivity contribution < 1.29 is 9.53 Å². The summed E-state index contributed by atoms with van der Waals surface area (Å²) in [7, 11) is 0. The molecule has 0 fully saturated rings. The van der Waals surface area contributed by atoms with E-state index in [1.165, 1.54) is 6.07 Å². The van der Waals surface area contributed by atoms with Crippen LogP contribution in [0.2, 0.25) is 10.0 Å². The van der Waals surface area contributed by atoms with Crippen LogP contribution in [-0.4, -0.2) is 11.0 Å². The second kappa shape index (κ2) is 7.45. The van der Waals surface area contributed by atoms with E-state index in [2.05, 4.69) is 17.5 Å². The highest BCUT2D eigenvalue weighted by Gasteiger charge is 2.10. The van der Waals surface area contributed by atoms with Gasteiger partial charge in [0.1, 0.15) is 12.4 Å². The molecule has 0 radical (unpaired) electrons. The maximum absolute atomic E-state index is 11.7. The maximum Gasteiger partial charge on any atom is 0.257 e. The largest absolute Gasteiger partial charge is 0.487 e. The number of benzene rings is 2. The van der Waals surface area contributed by atoms with E-state index < -0.39 is 5.91 Å². The van der Waals surface area contributed by atoms with Crippen molar-refractivity contribution in [2.24, 2.45) is 5.73 Å². The van der Waals surface area contributed by atoms with E-state index in [4.69, 9.17) is 33.7 Å². The van der Waals surface area contributed by atoms with E-state index in [0.29, 0.717) is 28.0 Å². The summed E-state index contributed by atoms with van der Waals surface area (Å²) in [6.07, 6.45) is 0. The number of nitrogens with two attached hydrogens (primary N) is 1. The fourth-order valence-corrected chi connectivity index (χ4v) is 2.14. The predicted molar refractivity (Wildman–Crippen MR) is 91.5 cm³/mol. The van der Waals surface area contributed by atoms with Crippen LogP contribution in [0.4, 0.5) is 0 Å². The van der Waals surface area contributed by atoms with Gasteiger partial charge in [-0.3, -0.25) is 10.1 Å². The summed E-state index contributed by atoms with van der Waals surface area (Å²) in [4.78, 5) is 11.7. The van der Waals surface area contributed by atoms with Gasteiger partial charge in [0.15, 0.2) is 5.11 Å². The first kappa shape index (κ1) is 16.5. The third-order valence-electron chi connectivity index (χ3n) is 2.74. The Morgan fingerprint density at radius 1 is 1.18 bits per heavy atom. The van der Waals surface area contributed by atoms with Crippen LogP contribution in [0.25, 0.3) is 0 Å². The Kier molecular flexibility index (Phi) is 5.60. The lowest BCUT2D eigenvalue weighted by Gasteiger charge is -2.10. The van der Waals surface area contributed by atoms with Crippen LogP contribution in [0.1, 0.15) is 15.9 Å². The maximum atomic E-state index is 11.7. The molecular formula is C15H12Cl2N2O2S. The Labute approximate surface area is 143 Å². The summed E-state index contributed by atoms with van der Waals surface area (Å²) in [6.45, 7) is 0.343. The summed E-state index contributed by atoms with van der Waals surface area (Å²) in [5, 5.41) is 3.22. The Morgan fingerprint density at radius 2 is 1.86 bits per heavy atom. The highest BCUT2D eigenvalue weighted by Crippen LogP contribution is 2.26. The summed E-state index contributed by atoms with van der Waals surface area (Å²) in [6, 6.07) is 12.0. The molecule has 22 heavy (non-hydrogen) atoms. The molecule has 2 aromatic carbocycles. The van der Waals surface area contributed by atoms with Gasteiger partial charge in [-0.15, -0.1) is 0 Å². The van der Waals surface area contributed by atoms with Crippen molar-refractivity contribution >= 4 is 46.4 Å². The molecule has 0 aliphatic rings. The SMILES string of the molecule is NC(=S)NC(=O)c1ccc(OCc2ccc(Cl)cc2)c(Cl)c1. The van der Waals surface area contributed by atoms with Crippen LogP contribution in [-0.2, 0) is 6.61 Å². The minimum atomic E-state index is -0.418. The molecule has 1 amide bonds. The normalized spacial score (nSPS) is 10.1. The quantitative estimate of drug-likeness (QED) is 0.824. The number of ether oxygens (including phenoxy) is 1. The van der Waals surface area contributed by atoms with Gasteiger partial charge in [-0.1, -0.05) is 35.3 Å². The van der Waals surface area contributed by atoms with Crippen LogP contribution < -0.4 is 15.8 Å². The molecule has 4 nitrogen and oxygen atoms in total. The second-order valence-corrected chi connectivity index (χ2v) is 5.66. The first-order valence-corrected chi connectivity index (χ1v) is 7.39. The summed E-state index contributed by atoms with van der Waals surface area (Å²) in [5.74, 6) is 0.0575. The van der Waals surface area contributed by atoms with Crippen LogP contribution in [0.15, 0.2) is 42.5 Å². The topological polar surface area (TPSA) is 64.3 Å². The molecule has 0 spiro atoms. The summed E-state index contributed by atoms with van der Waals surface area (Å²) in [5.41, 5.74) is 6.55. The van der Waals surface area contributed by atoms with Gasteiger partial charge < -0.3 is 10.5 Å². The Bertz CT molecular complexity index is 705. The first-order valence-electron chi connectivity index (χ1n) is 6.23. The third kappa shape index (κ3) is 4.59. The van der Waals surface area contributed by atoms with E-state index in [9.17, 15) is 4.79 Å². The lowest BCUT2D eigenvalue weighted by atomic mass is 10.2. The number of thiocarbonyl (C=S) groups is 1. The molecule has 0 saturated heterocycles. The summed E-state index contributed by atoms with van der Waals surface area (Å²) < 4.78 is 5.62. The number of carbonyl (C=O) groups excluding carboxylic acids is 1. The van der Waals surface area contributed by atoms with Crippen molar-refractivity contribution in [3.8, 4) is 5.75 Å². The van der Waals surface area contributed by atoms with Gasteiger partial charge in [0.25, 0.3) is 5.91 Å². The van der Waals surface area contributed by atoms with Crippen LogP contribution in [0.5, 0.6) is 5.75 Å². The average Bonchev–Trinajstić information content (AvgIpc) is 2.47. The van der Waals surface area contributed by atoms with E-state index in [0.717, 1.165) is 5.56 Å². The monoisotopic (exact) mass is 354 g/mol. The molecule has 2 aromatic rings. The highest BCUT2D eigenvalue weighted by molar-refractivity contribution is 7.80. The number of nitrogens with one attached hydrogen (secondary N) is 1.